The van der Waals surface area contributed by atoms with Gasteiger partial charge in [0.15, 0.2) is 0 Å². The highest BCUT2D eigenvalue weighted by Crippen LogP contribution is 2.27. The van der Waals surface area contributed by atoms with Gasteiger partial charge in [0.1, 0.15) is 5.60 Å². The van der Waals surface area contributed by atoms with Crippen molar-refractivity contribution in [3.8, 4) is 0 Å². The Morgan fingerprint density at radius 1 is 1.35 bits per heavy atom. The van der Waals surface area contributed by atoms with Crippen LogP contribution in [0, 0.1) is 5.92 Å². The Morgan fingerprint density at radius 2 is 2.09 bits per heavy atom. The standard InChI is InChI=1S/C19H30N2O2/c1-14(2)9-11-20-17-8-6-7-15-13-21(12-10-16(15)17)18(22)23-19(3,4)5/h6-8,14,20H,9-13H2,1-5H3. The predicted molar refractivity (Wildman–Crippen MR) is 94.7 cm³/mol. The predicted octanol–water partition coefficient (Wildman–Crippen LogP) is 4.44. The molecule has 0 fully saturated rings. The Hall–Kier alpha value is -1.71. The smallest absolute Gasteiger partial charge is 0.410 e. The van der Waals surface area contributed by atoms with Crippen LogP contribution in [-0.2, 0) is 17.7 Å². The molecule has 1 aliphatic heterocycles. The Bertz CT molecular complexity index is 547. The van der Waals surface area contributed by atoms with Crippen LogP contribution in [0.4, 0.5) is 10.5 Å². The minimum absolute atomic E-state index is 0.221. The molecule has 0 atom stereocenters. The number of nitrogens with zero attached hydrogens (tertiary/aromatic N) is 1. The molecule has 2 rings (SSSR count). The Morgan fingerprint density at radius 3 is 2.74 bits per heavy atom. The zero-order chi connectivity index (χ0) is 17.0. The second kappa shape index (κ2) is 7.24. The van der Waals surface area contributed by atoms with E-state index in [1.165, 1.54) is 16.8 Å². The van der Waals surface area contributed by atoms with Crippen LogP contribution in [0.1, 0.15) is 52.2 Å². The SMILES string of the molecule is CC(C)CCNc1cccc2c1CCN(C(=O)OC(C)(C)C)C2. The van der Waals surface area contributed by atoms with Crippen molar-refractivity contribution >= 4 is 11.8 Å². The minimum Gasteiger partial charge on any atom is -0.444 e. The van der Waals surface area contributed by atoms with Crippen molar-refractivity contribution in [3.05, 3.63) is 29.3 Å². The third-order valence-corrected chi connectivity index (χ3v) is 3.95. The van der Waals surface area contributed by atoms with Gasteiger partial charge in [0, 0.05) is 25.3 Å². The number of fused-ring (bicyclic) bond motifs is 1. The van der Waals surface area contributed by atoms with Crippen molar-refractivity contribution < 1.29 is 9.53 Å². The third kappa shape index (κ3) is 5.15. The summed E-state index contributed by atoms with van der Waals surface area (Å²) in [5.74, 6) is 0.699. The van der Waals surface area contributed by atoms with E-state index in [4.69, 9.17) is 4.74 Å². The molecule has 1 heterocycles. The second-order valence-electron chi connectivity index (χ2n) is 7.70. The van der Waals surface area contributed by atoms with Crippen molar-refractivity contribution in [2.45, 2.75) is 59.6 Å². The highest BCUT2D eigenvalue weighted by Gasteiger charge is 2.26. The first kappa shape index (κ1) is 17.6. The summed E-state index contributed by atoms with van der Waals surface area (Å²) in [6.45, 7) is 12.5. The van der Waals surface area contributed by atoms with Crippen LogP contribution in [0.3, 0.4) is 0 Å². The molecule has 0 unspecified atom stereocenters. The fourth-order valence-corrected chi connectivity index (χ4v) is 2.75. The van der Waals surface area contributed by atoms with Gasteiger partial charge in [-0.2, -0.15) is 0 Å². The summed E-state index contributed by atoms with van der Waals surface area (Å²) in [5, 5.41) is 3.55. The molecule has 0 radical (unpaired) electrons. The summed E-state index contributed by atoms with van der Waals surface area (Å²) in [6.07, 6.45) is 1.81. The zero-order valence-corrected chi connectivity index (χ0v) is 15.1. The fourth-order valence-electron chi connectivity index (χ4n) is 2.75. The molecule has 1 amide bonds. The molecular weight excluding hydrogens is 288 g/mol. The van der Waals surface area contributed by atoms with E-state index in [1.54, 1.807) is 4.90 Å². The summed E-state index contributed by atoms with van der Waals surface area (Å²) in [5.41, 5.74) is 3.33. The van der Waals surface area contributed by atoms with Gasteiger partial charge < -0.3 is 15.0 Å². The topological polar surface area (TPSA) is 41.6 Å². The molecule has 1 aromatic carbocycles. The Kier molecular flexibility index (Phi) is 5.55. The van der Waals surface area contributed by atoms with Crippen LogP contribution in [0.2, 0.25) is 0 Å². The van der Waals surface area contributed by atoms with Crippen molar-refractivity contribution in [2.75, 3.05) is 18.4 Å². The molecule has 4 nitrogen and oxygen atoms in total. The minimum atomic E-state index is -0.447. The number of anilines is 1. The highest BCUT2D eigenvalue weighted by atomic mass is 16.6. The van der Waals surface area contributed by atoms with Crippen molar-refractivity contribution in [1.82, 2.24) is 4.90 Å². The van der Waals surface area contributed by atoms with Crippen molar-refractivity contribution in [3.63, 3.8) is 0 Å². The van der Waals surface area contributed by atoms with Gasteiger partial charge in [0.25, 0.3) is 0 Å². The molecule has 23 heavy (non-hydrogen) atoms. The van der Waals surface area contributed by atoms with Gasteiger partial charge in [-0.05, 0) is 56.7 Å². The number of hydrogen-bond donors (Lipinski definition) is 1. The quantitative estimate of drug-likeness (QED) is 0.892. The number of benzene rings is 1. The number of ether oxygens (including phenoxy) is 1. The molecule has 0 bridgehead atoms. The first-order valence-corrected chi connectivity index (χ1v) is 8.59. The van der Waals surface area contributed by atoms with E-state index in [9.17, 15) is 4.79 Å². The zero-order valence-electron chi connectivity index (χ0n) is 15.1. The number of nitrogens with one attached hydrogen (secondary N) is 1. The van der Waals surface area contributed by atoms with Crippen LogP contribution in [0.5, 0.6) is 0 Å². The van der Waals surface area contributed by atoms with Crippen molar-refractivity contribution in [1.29, 1.82) is 0 Å². The third-order valence-electron chi connectivity index (χ3n) is 3.95. The van der Waals surface area contributed by atoms with E-state index in [0.29, 0.717) is 19.0 Å². The molecule has 1 aromatic rings. The maximum atomic E-state index is 12.2. The average Bonchev–Trinajstić information content (AvgIpc) is 2.44. The fraction of sp³-hybridized carbons (Fsp3) is 0.632. The molecule has 128 valence electrons. The lowest BCUT2D eigenvalue weighted by molar-refractivity contribution is 0.0224. The molecule has 0 saturated heterocycles. The summed E-state index contributed by atoms with van der Waals surface area (Å²) in [4.78, 5) is 14.0. The Balaban J connectivity index is 2.03. The molecule has 0 aromatic heterocycles. The normalized spacial score (nSPS) is 14.6. The van der Waals surface area contributed by atoms with Gasteiger partial charge in [-0.1, -0.05) is 26.0 Å². The van der Waals surface area contributed by atoms with E-state index >= 15 is 0 Å². The lowest BCUT2D eigenvalue weighted by atomic mass is 9.97. The maximum absolute atomic E-state index is 12.2. The molecule has 0 aliphatic carbocycles. The molecule has 0 spiro atoms. The summed E-state index contributed by atoms with van der Waals surface area (Å²) < 4.78 is 5.49. The van der Waals surface area contributed by atoms with Crippen molar-refractivity contribution in [2.24, 2.45) is 5.92 Å². The number of carbonyl (C=O) groups excluding carboxylic acids is 1. The average molecular weight is 318 g/mol. The first-order chi connectivity index (χ1) is 10.8. The van der Waals surface area contributed by atoms with E-state index in [2.05, 4.69) is 37.4 Å². The number of hydrogen-bond acceptors (Lipinski definition) is 3. The lowest BCUT2D eigenvalue weighted by Crippen LogP contribution is -2.40. The second-order valence-corrected chi connectivity index (χ2v) is 7.70. The van der Waals surface area contributed by atoms with Crippen LogP contribution >= 0.6 is 0 Å². The van der Waals surface area contributed by atoms with Gasteiger partial charge in [-0.25, -0.2) is 4.79 Å². The largest absolute Gasteiger partial charge is 0.444 e. The van der Waals surface area contributed by atoms with Crippen LogP contribution in [0.25, 0.3) is 0 Å². The highest BCUT2D eigenvalue weighted by molar-refractivity contribution is 5.69. The maximum Gasteiger partial charge on any atom is 0.410 e. The number of carbonyl (C=O) groups is 1. The van der Waals surface area contributed by atoms with Gasteiger partial charge in [0.2, 0.25) is 0 Å². The molecule has 4 heteroatoms. The summed E-state index contributed by atoms with van der Waals surface area (Å²) in [6, 6.07) is 6.32. The van der Waals surface area contributed by atoms with E-state index in [1.807, 2.05) is 20.8 Å². The van der Waals surface area contributed by atoms with Crippen LogP contribution in [0.15, 0.2) is 18.2 Å². The van der Waals surface area contributed by atoms with Gasteiger partial charge in [-0.3, -0.25) is 0 Å². The molecule has 1 aliphatic rings. The molecule has 0 saturated carbocycles. The molecular formula is C19H30N2O2. The monoisotopic (exact) mass is 318 g/mol. The number of rotatable bonds is 4. The van der Waals surface area contributed by atoms with E-state index < -0.39 is 5.60 Å². The van der Waals surface area contributed by atoms with E-state index in [-0.39, 0.29) is 6.09 Å². The molecule has 1 N–H and O–H groups in total. The van der Waals surface area contributed by atoms with Crippen LogP contribution < -0.4 is 5.32 Å². The summed E-state index contributed by atoms with van der Waals surface area (Å²) in [7, 11) is 0. The lowest BCUT2D eigenvalue weighted by Gasteiger charge is -2.32. The first-order valence-electron chi connectivity index (χ1n) is 8.59. The number of amides is 1. The van der Waals surface area contributed by atoms with Gasteiger partial charge in [-0.15, -0.1) is 0 Å². The van der Waals surface area contributed by atoms with Crippen LogP contribution in [-0.4, -0.2) is 29.7 Å². The summed E-state index contributed by atoms with van der Waals surface area (Å²) >= 11 is 0. The van der Waals surface area contributed by atoms with Gasteiger partial charge >= 0.3 is 6.09 Å². The van der Waals surface area contributed by atoms with Gasteiger partial charge in [0.05, 0.1) is 0 Å². The Labute approximate surface area is 140 Å². The van der Waals surface area contributed by atoms with E-state index in [0.717, 1.165) is 19.4 Å².